The van der Waals surface area contributed by atoms with E-state index in [2.05, 4.69) is 38.4 Å². The maximum Gasteiger partial charge on any atom is 0.259 e. The zero-order valence-corrected chi connectivity index (χ0v) is 19.3. The zero-order valence-electron chi connectivity index (χ0n) is 15.9. The third-order valence-corrected chi connectivity index (χ3v) is 11.9. The molecule has 6 nitrogen and oxygen atoms in total. The minimum Gasteiger partial charge on any atom is -0.321 e. The summed E-state index contributed by atoms with van der Waals surface area (Å²) in [6, 6.07) is 2.42. The van der Waals surface area contributed by atoms with Crippen LogP contribution in [0.2, 0.25) is 0 Å². The summed E-state index contributed by atoms with van der Waals surface area (Å²) in [7, 11) is -1.84. The van der Waals surface area contributed by atoms with Crippen LogP contribution < -0.4 is 0 Å². The first kappa shape index (κ1) is 23.5. The Morgan fingerprint density at radius 3 is 2.28 bits per heavy atom. The van der Waals surface area contributed by atoms with Crippen LogP contribution in [0, 0.1) is 11.3 Å². The van der Waals surface area contributed by atoms with Crippen molar-refractivity contribution in [2.24, 2.45) is 0 Å². The predicted molar refractivity (Wildman–Crippen MR) is 108 cm³/mol. The number of hydrogen-bond acceptors (Lipinski definition) is 8. The average molecular weight is 429 g/mol. The predicted octanol–water partition coefficient (Wildman–Crippen LogP) is 4.19. The lowest BCUT2D eigenvalue weighted by molar-refractivity contribution is 0.124. The third kappa shape index (κ3) is 6.53. The van der Waals surface area contributed by atoms with E-state index in [9.17, 15) is 8.42 Å². The number of sulfone groups is 1. The van der Waals surface area contributed by atoms with Gasteiger partial charge in [0.05, 0.1) is 19.1 Å². The average Bonchev–Trinajstić information content (AvgIpc) is 2.73. The van der Waals surface area contributed by atoms with E-state index in [1.165, 1.54) is 27.8 Å². The Labute approximate surface area is 161 Å². The second kappa shape index (κ2) is 9.59. The van der Waals surface area contributed by atoms with Gasteiger partial charge in [0.1, 0.15) is 10.7 Å². The zero-order chi connectivity index (χ0) is 19.4. The lowest BCUT2D eigenvalue weighted by Gasteiger charge is -2.39. The molecule has 0 aromatic rings. The number of nitriles is 1. The van der Waals surface area contributed by atoms with Gasteiger partial charge in [0.2, 0.25) is 0 Å². The monoisotopic (exact) mass is 428 g/mol. The molecule has 1 unspecified atom stereocenters. The highest BCUT2D eigenvalue weighted by Crippen LogP contribution is 2.59. The van der Waals surface area contributed by atoms with Crippen molar-refractivity contribution in [2.45, 2.75) is 75.5 Å². The molecule has 0 amide bonds. The molecule has 1 aliphatic heterocycles. The maximum absolute atomic E-state index is 12.2. The number of hydrogen-bond donors (Lipinski definition) is 0. The SMILES string of the molecule is CC(C)N(C(C)C)P(OCCC#N)O[C@@H]1[C@H](S(C)(=O)=O)SSC1(C)C. The molecule has 1 aliphatic rings. The molecular formula is C15H29N2O4PS3. The summed E-state index contributed by atoms with van der Waals surface area (Å²) in [5, 5.41) is 8.79. The van der Waals surface area contributed by atoms with E-state index in [1.54, 1.807) is 0 Å². The van der Waals surface area contributed by atoms with Crippen LogP contribution in [0.5, 0.6) is 0 Å². The Balaban J connectivity index is 3.10. The Bertz CT molecular complexity index is 570. The fourth-order valence-electron chi connectivity index (χ4n) is 2.46. The molecule has 0 spiro atoms. The van der Waals surface area contributed by atoms with Gasteiger partial charge in [-0.25, -0.2) is 13.1 Å². The van der Waals surface area contributed by atoms with E-state index in [-0.39, 0.29) is 29.9 Å². The lowest BCUT2D eigenvalue weighted by atomic mass is 10.1. The van der Waals surface area contributed by atoms with Crippen molar-refractivity contribution < 1.29 is 17.5 Å². The highest BCUT2D eigenvalue weighted by molar-refractivity contribution is 8.79. The van der Waals surface area contributed by atoms with Crippen LogP contribution in [0.1, 0.15) is 48.0 Å². The minimum absolute atomic E-state index is 0.176. The molecular weight excluding hydrogens is 399 g/mol. The second-order valence-electron chi connectivity index (χ2n) is 7.05. The van der Waals surface area contributed by atoms with E-state index in [4.69, 9.17) is 14.3 Å². The largest absolute Gasteiger partial charge is 0.321 e. The quantitative estimate of drug-likeness (QED) is 0.307. The van der Waals surface area contributed by atoms with E-state index in [0.29, 0.717) is 0 Å². The fourth-order valence-corrected chi connectivity index (χ4v) is 10.5. The highest BCUT2D eigenvalue weighted by Gasteiger charge is 2.51. The fraction of sp³-hybridized carbons (Fsp3) is 0.933. The van der Waals surface area contributed by atoms with Gasteiger partial charge in [-0.2, -0.15) is 5.26 Å². The molecule has 1 saturated heterocycles. The van der Waals surface area contributed by atoms with Gasteiger partial charge in [-0.3, -0.25) is 0 Å². The van der Waals surface area contributed by atoms with E-state index < -0.39 is 29.0 Å². The van der Waals surface area contributed by atoms with Gasteiger partial charge in [-0.15, -0.1) is 0 Å². The summed E-state index contributed by atoms with van der Waals surface area (Å²) in [5.41, 5.74) is 0. The number of rotatable bonds is 9. The summed E-state index contributed by atoms with van der Waals surface area (Å²) in [6.45, 7) is 12.5. The molecule has 25 heavy (non-hydrogen) atoms. The van der Waals surface area contributed by atoms with Gasteiger partial charge in [0.25, 0.3) is 8.53 Å². The second-order valence-corrected chi connectivity index (χ2v) is 13.9. The summed E-state index contributed by atoms with van der Waals surface area (Å²) < 4.78 is 37.8. The molecule has 3 atom stereocenters. The standard InChI is InChI=1S/C15H29N2O4PS3/c1-11(2)17(12(3)4)22(20-10-8-9-16)21-13-14(25(7,18)19)23-24-15(13,5)6/h11-14H,8,10H2,1-7H3/t13-,14+,22?/m1/s1. The first-order valence-electron chi connectivity index (χ1n) is 8.20. The van der Waals surface area contributed by atoms with Crippen LogP contribution in [0.3, 0.4) is 0 Å². The first-order valence-corrected chi connectivity index (χ1v) is 13.5. The Morgan fingerprint density at radius 1 is 1.28 bits per heavy atom. The van der Waals surface area contributed by atoms with Gasteiger partial charge in [-0.1, -0.05) is 21.6 Å². The topological polar surface area (TPSA) is 79.6 Å². The molecule has 0 aliphatic carbocycles. The van der Waals surface area contributed by atoms with Crippen molar-refractivity contribution >= 4 is 40.0 Å². The summed E-state index contributed by atoms with van der Waals surface area (Å²) in [5.74, 6) is 0. The molecule has 0 saturated carbocycles. The summed E-state index contributed by atoms with van der Waals surface area (Å²) >= 11 is 0. The smallest absolute Gasteiger partial charge is 0.259 e. The van der Waals surface area contributed by atoms with Gasteiger partial charge in [0, 0.05) is 23.1 Å². The van der Waals surface area contributed by atoms with Gasteiger partial charge in [-0.05, 0) is 41.5 Å². The van der Waals surface area contributed by atoms with E-state index in [0.717, 1.165) is 0 Å². The Kier molecular flexibility index (Phi) is 9.01. The van der Waals surface area contributed by atoms with Crippen molar-refractivity contribution in [3.05, 3.63) is 0 Å². The van der Waals surface area contributed by atoms with Crippen molar-refractivity contribution in [1.82, 2.24) is 4.67 Å². The third-order valence-electron chi connectivity index (χ3n) is 3.58. The van der Waals surface area contributed by atoms with E-state index >= 15 is 0 Å². The van der Waals surface area contributed by atoms with Gasteiger partial charge in [0.15, 0.2) is 9.84 Å². The molecule has 146 valence electrons. The van der Waals surface area contributed by atoms with Crippen molar-refractivity contribution in [2.75, 3.05) is 12.9 Å². The Morgan fingerprint density at radius 2 is 1.84 bits per heavy atom. The van der Waals surface area contributed by atoms with Gasteiger partial charge >= 0.3 is 0 Å². The minimum atomic E-state index is -3.26. The highest BCUT2D eigenvalue weighted by atomic mass is 33.1. The lowest BCUT2D eigenvalue weighted by Crippen LogP contribution is -2.42. The molecule has 0 aromatic heterocycles. The van der Waals surface area contributed by atoms with Crippen LogP contribution in [-0.2, 0) is 18.9 Å². The van der Waals surface area contributed by atoms with Crippen LogP contribution in [-0.4, -0.2) is 53.5 Å². The van der Waals surface area contributed by atoms with Crippen LogP contribution in [0.25, 0.3) is 0 Å². The molecule has 0 N–H and O–H groups in total. The number of nitrogens with zero attached hydrogens (tertiary/aromatic N) is 2. The van der Waals surface area contributed by atoms with Crippen molar-refractivity contribution in [3.8, 4) is 6.07 Å². The molecule has 0 aromatic carbocycles. The molecule has 1 rings (SSSR count). The normalized spacial score (nSPS) is 24.8. The Hall–Kier alpha value is 0.450. The van der Waals surface area contributed by atoms with Crippen LogP contribution >= 0.6 is 30.1 Å². The molecule has 0 bridgehead atoms. The molecule has 1 fully saturated rings. The molecule has 10 heteroatoms. The summed E-state index contributed by atoms with van der Waals surface area (Å²) in [6.07, 6.45) is 1.05. The van der Waals surface area contributed by atoms with E-state index in [1.807, 2.05) is 13.8 Å². The van der Waals surface area contributed by atoms with Crippen molar-refractivity contribution in [3.63, 3.8) is 0 Å². The maximum atomic E-state index is 12.2. The van der Waals surface area contributed by atoms with Gasteiger partial charge < -0.3 is 9.05 Å². The van der Waals surface area contributed by atoms with Crippen molar-refractivity contribution in [1.29, 1.82) is 5.26 Å². The molecule has 1 heterocycles. The van der Waals surface area contributed by atoms with Crippen LogP contribution in [0.4, 0.5) is 0 Å². The molecule has 0 radical (unpaired) electrons. The summed E-state index contributed by atoms with van der Waals surface area (Å²) in [4.78, 5) is 0. The van der Waals surface area contributed by atoms with Crippen LogP contribution in [0.15, 0.2) is 0 Å². The first-order chi connectivity index (χ1) is 11.4.